The number of carbonyl (C=O) groups is 2. The van der Waals surface area contributed by atoms with E-state index in [2.05, 4.69) is 0 Å². The van der Waals surface area contributed by atoms with Gasteiger partial charge in [0.2, 0.25) is 0 Å². The van der Waals surface area contributed by atoms with Gasteiger partial charge in [-0.15, -0.1) is 0 Å². The van der Waals surface area contributed by atoms with Crippen LogP contribution in [0.3, 0.4) is 0 Å². The summed E-state index contributed by atoms with van der Waals surface area (Å²) in [4.78, 5) is 24.1. The molecule has 0 atom stereocenters. The van der Waals surface area contributed by atoms with E-state index >= 15 is 0 Å². The van der Waals surface area contributed by atoms with Gasteiger partial charge in [0.05, 0.1) is 12.3 Å². The average molecular weight is 221 g/mol. The summed E-state index contributed by atoms with van der Waals surface area (Å²) >= 11 is 0. The van der Waals surface area contributed by atoms with Crippen LogP contribution >= 0.6 is 0 Å². The van der Waals surface area contributed by atoms with Crippen LogP contribution in [-0.2, 0) is 20.9 Å². The average Bonchev–Trinajstić information content (AvgIpc) is 2.30. The molecule has 0 saturated carbocycles. The Balaban J connectivity index is 2.27. The van der Waals surface area contributed by atoms with E-state index in [1.54, 1.807) is 24.3 Å². The molecule has 84 valence electrons. The molecular formula is C11H11NO4. The van der Waals surface area contributed by atoms with Gasteiger partial charge in [0.25, 0.3) is 11.8 Å². The number of morpholine rings is 1. The van der Waals surface area contributed by atoms with Crippen molar-refractivity contribution in [3.63, 3.8) is 0 Å². The lowest BCUT2D eigenvalue weighted by molar-refractivity contribution is -0.138. The molecule has 0 spiro atoms. The molecule has 1 N–H and O–H groups in total. The largest absolute Gasteiger partial charge is 0.392 e. The normalized spacial score (nSPS) is 16.7. The molecule has 2 amide bonds. The number of carbonyl (C=O) groups excluding carboxylic acids is 2. The van der Waals surface area contributed by atoms with Crippen molar-refractivity contribution in [3.8, 4) is 0 Å². The van der Waals surface area contributed by atoms with Crippen molar-refractivity contribution in [2.75, 3.05) is 18.1 Å². The minimum absolute atomic E-state index is 0.0642. The first-order valence-electron chi connectivity index (χ1n) is 4.85. The molecule has 2 rings (SSSR count). The Kier molecular flexibility index (Phi) is 2.98. The number of anilines is 1. The second kappa shape index (κ2) is 4.42. The number of aliphatic hydroxyl groups is 1. The summed E-state index contributed by atoms with van der Waals surface area (Å²) in [6.45, 7) is -0.216. The molecule has 0 bridgehead atoms. The molecule has 5 heteroatoms. The molecule has 0 radical (unpaired) electrons. The highest BCUT2D eigenvalue weighted by Crippen LogP contribution is 2.18. The lowest BCUT2D eigenvalue weighted by Crippen LogP contribution is -2.46. The van der Waals surface area contributed by atoms with Gasteiger partial charge in [0.15, 0.2) is 0 Å². The summed E-state index contributed by atoms with van der Waals surface area (Å²) in [5.41, 5.74) is 1.24. The first kappa shape index (κ1) is 10.8. The van der Waals surface area contributed by atoms with E-state index in [4.69, 9.17) is 9.84 Å². The van der Waals surface area contributed by atoms with Gasteiger partial charge in [0.1, 0.15) is 13.2 Å². The monoisotopic (exact) mass is 221 g/mol. The van der Waals surface area contributed by atoms with Crippen molar-refractivity contribution >= 4 is 17.5 Å². The molecule has 1 heterocycles. The number of aliphatic hydroxyl groups excluding tert-OH is 1. The standard InChI is InChI=1S/C11H11NO4/c13-5-8-1-3-9(4-2-8)12-10(14)6-16-7-11(12)15/h1-4,13H,5-7H2. The molecule has 0 aromatic heterocycles. The van der Waals surface area contributed by atoms with Gasteiger partial charge in [0, 0.05) is 0 Å². The molecule has 1 aromatic carbocycles. The second-order valence-corrected chi connectivity index (χ2v) is 3.44. The highest BCUT2D eigenvalue weighted by atomic mass is 16.5. The lowest BCUT2D eigenvalue weighted by atomic mass is 10.2. The number of nitrogens with zero attached hydrogens (tertiary/aromatic N) is 1. The van der Waals surface area contributed by atoms with E-state index in [1.807, 2.05) is 0 Å². The van der Waals surface area contributed by atoms with E-state index in [0.717, 1.165) is 10.5 Å². The maximum absolute atomic E-state index is 11.5. The molecule has 16 heavy (non-hydrogen) atoms. The SMILES string of the molecule is O=C1COCC(=O)N1c1ccc(CO)cc1. The van der Waals surface area contributed by atoms with Crippen LogP contribution in [0.5, 0.6) is 0 Å². The summed E-state index contributed by atoms with van der Waals surface area (Å²) in [6, 6.07) is 6.61. The van der Waals surface area contributed by atoms with Crippen LogP contribution in [0.4, 0.5) is 5.69 Å². The van der Waals surface area contributed by atoms with Crippen molar-refractivity contribution in [2.24, 2.45) is 0 Å². The third kappa shape index (κ3) is 1.95. The van der Waals surface area contributed by atoms with Crippen LogP contribution in [0.1, 0.15) is 5.56 Å². The van der Waals surface area contributed by atoms with Crippen LogP contribution in [0.15, 0.2) is 24.3 Å². The highest BCUT2D eigenvalue weighted by Gasteiger charge is 2.27. The zero-order valence-corrected chi connectivity index (χ0v) is 8.55. The fourth-order valence-corrected chi connectivity index (χ4v) is 1.53. The highest BCUT2D eigenvalue weighted by molar-refractivity contribution is 6.16. The maximum atomic E-state index is 11.5. The van der Waals surface area contributed by atoms with Crippen LogP contribution in [0.25, 0.3) is 0 Å². The maximum Gasteiger partial charge on any atom is 0.259 e. The van der Waals surface area contributed by atoms with Gasteiger partial charge in [-0.05, 0) is 17.7 Å². The Morgan fingerprint density at radius 3 is 2.19 bits per heavy atom. The fourth-order valence-electron chi connectivity index (χ4n) is 1.53. The van der Waals surface area contributed by atoms with E-state index in [0.29, 0.717) is 5.69 Å². The third-order valence-corrected chi connectivity index (χ3v) is 2.33. The first-order valence-corrected chi connectivity index (χ1v) is 4.85. The lowest BCUT2D eigenvalue weighted by Gasteiger charge is -2.24. The van der Waals surface area contributed by atoms with E-state index < -0.39 is 0 Å². The zero-order chi connectivity index (χ0) is 11.5. The molecule has 0 aliphatic carbocycles. The Labute approximate surface area is 92.2 Å². The van der Waals surface area contributed by atoms with Crippen molar-refractivity contribution < 1.29 is 19.4 Å². The smallest absolute Gasteiger partial charge is 0.259 e. The number of hydrogen-bond acceptors (Lipinski definition) is 4. The fraction of sp³-hybridized carbons (Fsp3) is 0.273. The molecule has 0 unspecified atom stereocenters. The Morgan fingerprint density at radius 1 is 1.12 bits per heavy atom. The summed E-state index contributed by atoms with van der Waals surface area (Å²) in [7, 11) is 0. The molecule has 5 nitrogen and oxygen atoms in total. The molecular weight excluding hydrogens is 210 g/mol. The minimum atomic E-state index is -0.368. The Bertz CT molecular complexity index is 396. The Morgan fingerprint density at radius 2 is 1.69 bits per heavy atom. The van der Waals surface area contributed by atoms with Gasteiger partial charge in [-0.3, -0.25) is 9.59 Å². The number of benzene rings is 1. The van der Waals surface area contributed by atoms with Crippen LogP contribution in [0, 0.1) is 0 Å². The molecule has 1 aliphatic rings. The van der Waals surface area contributed by atoms with Gasteiger partial charge in [-0.2, -0.15) is 0 Å². The van der Waals surface area contributed by atoms with Crippen LogP contribution in [0.2, 0.25) is 0 Å². The van der Waals surface area contributed by atoms with Crippen LogP contribution < -0.4 is 4.90 Å². The van der Waals surface area contributed by atoms with E-state index in [1.165, 1.54) is 0 Å². The summed E-state index contributed by atoms with van der Waals surface area (Å²) in [5.74, 6) is -0.735. The number of hydrogen-bond donors (Lipinski definition) is 1. The first-order chi connectivity index (χ1) is 7.72. The second-order valence-electron chi connectivity index (χ2n) is 3.44. The zero-order valence-electron chi connectivity index (χ0n) is 8.55. The summed E-state index contributed by atoms with van der Waals surface area (Å²) < 4.78 is 4.81. The van der Waals surface area contributed by atoms with Crippen molar-refractivity contribution in [2.45, 2.75) is 6.61 Å². The molecule has 1 saturated heterocycles. The van der Waals surface area contributed by atoms with Gasteiger partial charge >= 0.3 is 0 Å². The van der Waals surface area contributed by atoms with Gasteiger partial charge in [-0.1, -0.05) is 12.1 Å². The quantitative estimate of drug-likeness (QED) is 0.717. The number of ether oxygens (including phenoxy) is 1. The van der Waals surface area contributed by atoms with E-state index in [-0.39, 0.29) is 31.6 Å². The van der Waals surface area contributed by atoms with Crippen molar-refractivity contribution in [3.05, 3.63) is 29.8 Å². The number of imide groups is 1. The number of amides is 2. The predicted octanol–water partition coefficient (Wildman–Crippen LogP) is 0.0687. The number of rotatable bonds is 2. The predicted molar refractivity (Wildman–Crippen MR) is 55.7 cm³/mol. The molecule has 1 aromatic rings. The van der Waals surface area contributed by atoms with Gasteiger partial charge < -0.3 is 9.84 Å². The van der Waals surface area contributed by atoms with Crippen molar-refractivity contribution in [1.29, 1.82) is 0 Å². The minimum Gasteiger partial charge on any atom is -0.392 e. The summed E-state index contributed by atoms with van der Waals surface area (Å²) in [5, 5.41) is 8.88. The van der Waals surface area contributed by atoms with Crippen molar-refractivity contribution in [1.82, 2.24) is 0 Å². The topological polar surface area (TPSA) is 66.8 Å². The van der Waals surface area contributed by atoms with E-state index in [9.17, 15) is 9.59 Å². The van der Waals surface area contributed by atoms with Gasteiger partial charge in [-0.25, -0.2) is 4.90 Å². The third-order valence-electron chi connectivity index (χ3n) is 2.33. The Hall–Kier alpha value is -1.72. The summed E-state index contributed by atoms with van der Waals surface area (Å²) in [6.07, 6.45) is 0. The molecule has 1 fully saturated rings. The molecule has 1 aliphatic heterocycles. The van der Waals surface area contributed by atoms with Crippen LogP contribution in [-0.4, -0.2) is 30.1 Å².